The molecular weight excluding hydrogens is 428 g/mol. The third kappa shape index (κ3) is 5.18. The number of nitrogens with one attached hydrogen (secondary N) is 1. The molecule has 1 heterocycles. The Morgan fingerprint density at radius 1 is 1.03 bits per heavy atom. The first-order valence-corrected chi connectivity index (χ1v) is 12.3. The van der Waals surface area contributed by atoms with E-state index in [1.54, 1.807) is 18.2 Å². The quantitative estimate of drug-likeness (QED) is 0.522. The van der Waals surface area contributed by atoms with Gasteiger partial charge in [-0.2, -0.15) is 5.06 Å². The molecule has 1 fully saturated rings. The van der Waals surface area contributed by atoms with Gasteiger partial charge in [0.2, 0.25) is 0 Å². The number of hydrogen-bond acceptors (Lipinski definition) is 4. The van der Waals surface area contributed by atoms with Crippen LogP contribution in [0.3, 0.4) is 0 Å². The van der Waals surface area contributed by atoms with Gasteiger partial charge in [-0.15, -0.1) is 0 Å². The maximum atomic E-state index is 13.2. The van der Waals surface area contributed by atoms with Crippen molar-refractivity contribution in [2.45, 2.75) is 77.4 Å². The Hall–Kier alpha value is -2.70. The van der Waals surface area contributed by atoms with Gasteiger partial charge in [0.05, 0.1) is 17.7 Å². The van der Waals surface area contributed by atoms with Crippen molar-refractivity contribution in [3.63, 3.8) is 0 Å². The predicted molar refractivity (Wildman–Crippen MR) is 134 cm³/mol. The Morgan fingerprint density at radius 2 is 1.65 bits per heavy atom. The molecule has 4 atom stereocenters. The van der Waals surface area contributed by atoms with Crippen LogP contribution in [0.1, 0.15) is 80.2 Å². The Balaban J connectivity index is 1.81. The molecule has 0 spiro atoms. The van der Waals surface area contributed by atoms with Crippen molar-refractivity contribution in [1.29, 1.82) is 0 Å². The summed E-state index contributed by atoms with van der Waals surface area (Å²) >= 11 is 0. The molecule has 0 saturated carbocycles. The van der Waals surface area contributed by atoms with E-state index in [4.69, 9.17) is 4.84 Å². The number of rotatable bonds is 9. The molecule has 0 bridgehead atoms. The predicted octanol–water partition coefficient (Wildman–Crippen LogP) is 5.34. The molecule has 1 saturated heterocycles. The average molecular weight is 467 g/mol. The molecule has 0 radical (unpaired) electrons. The van der Waals surface area contributed by atoms with E-state index in [-0.39, 0.29) is 40.1 Å². The highest BCUT2D eigenvalue weighted by Crippen LogP contribution is 2.46. The van der Waals surface area contributed by atoms with E-state index in [1.165, 1.54) is 11.6 Å². The molecule has 34 heavy (non-hydrogen) atoms. The van der Waals surface area contributed by atoms with Crippen LogP contribution in [0.15, 0.2) is 54.6 Å². The van der Waals surface area contributed by atoms with Gasteiger partial charge in [-0.25, -0.2) is 4.79 Å². The van der Waals surface area contributed by atoms with E-state index in [1.807, 2.05) is 18.2 Å². The van der Waals surface area contributed by atoms with Crippen LogP contribution in [0, 0.1) is 5.92 Å². The summed E-state index contributed by atoms with van der Waals surface area (Å²) < 4.78 is 0. The van der Waals surface area contributed by atoms with Gasteiger partial charge in [-0.1, -0.05) is 63.2 Å². The highest BCUT2D eigenvalue weighted by molar-refractivity contribution is 6.04. The van der Waals surface area contributed by atoms with E-state index < -0.39 is 5.97 Å². The van der Waals surface area contributed by atoms with Crippen LogP contribution < -0.4 is 5.32 Å². The second kappa shape index (κ2) is 10.7. The molecule has 3 rings (SSSR count). The van der Waals surface area contributed by atoms with Crippen LogP contribution in [0.5, 0.6) is 0 Å². The maximum Gasteiger partial charge on any atom is 0.336 e. The van der Waals surface area contributed by atoms with Crippen molar-refractivity contribution in [2.75, 3.05) is 6.61 Å². The summed E-state index contributed by atoms with van der Waals surface area (Å²) in [7, 11) is 0. The zero-order valence-corrected chi connectivity index (χ0v) is 21.0. The number of amides is 1. The molecule has 6 heteroatoms. The van der Waals surface area contributed by atoms with Gasteiger partial charge in [-0.3, -0.25) is 9.63 Å². The lowest BCUT2D eigenvalue weighted by Gasteiger charge is -2.59. The second-order valence-electron chi connectivity index (χ2n) is 9.85. The Labute approximate surface area is 203 Å². The molecule has 1 aliphatic rings. The van der Waals surface area contributed by atoms with E-state index >= 15 is 0 Å². The molecule has 2 aromatic rings. The minimum atomic E-state index is -1.10. The van der Waals surface area contributed by atoms with Gasteiger partial charge in [-0.05, 0) is 63.1 Å². The summed E-state index contributed by atoms with van der Waals surface area (Å²) in [6, 6.07) is 16.6. The fraction of sp³-hybridized carbons (Fsp3) is 0.500. The highest BCUT2D eigenvalue weighted by Gasteiger charge is 2.54. The summed E-state index contributed by atoms with van der Waals surface area (Å²) in [5, 5.41) is 14.9. The Kier molecular flexibility index (Phi) is 8.16. The summed E-state index contributed by atoms with van der Waals surface area (Å²) in [4.78, 5) is 31.3. The van der Waals surface area contributed by atoms with E-state index in [0.717, 1.165) is 19.3 Å². The first-order chi connectivity index (χ1) is 16.2. The third-order valence-electron chi connectivity index (χ3n) is 7.85. The van der Waals surface area contributed by atoms with Gasteiger partial charge in [0.1, 0.15) is 0 Å². The van der Waals surface area contributed by atoms with Crippen molar-refractivity contribution in [2.24, 2.45) is 5.92 Å². The fourth-order valence-corrected chi connectivity index (χ4v) is 5.21. The number of carbonyl (C=O) groups is 2. The number of hydroxylamine groups is 2. The summed E-state index contributed by atoms with van der Waals surface area (Å²) in [5.41, 5.74) is 0.875. The van der Waals surface area contributed by atoms with Gasteiger partial charge >= 0.3 is 5.97 Å². The van der Waals surface area contributed by atoms with E-state index in [2.05, 4.69) is 57.1 Å². The molecule has 0 aromatic heterocycles. The first kappa shape index (κ1) is 25.9. The molecule has 6 nitrogen and oxygen atoms in total. The number of benzene rings is 2. The summed E-state index contributed by atoms with van der Waals surface area (Å²) in [5.74, 6) is -1.35. The van der Waals surface area contributed by atoms with Crippen molar-refractivity contribution in [3.8, 4) is 0 Å². The molecule has 4 unspecified atom stereocenters. The third-order valence-corrected chi connectivity index (χ3v) is 7.85. The zero-order valence-electron chi connectivity index (χ0n) is 21.0. The molecule has 2 N–H and O–H groups in total. The zero-order chi connectivity index (χ0) is 24.9. The van der Waals surface area contributed by atoms with Crippen molar-refractivity contribution < 1.29 is 19.5 Å². The fourth-order valence-electron chi connectivity index (χ4n) is 5.21. The van der Waals surface area contributed by atoms with Gasteiger partial charge < -0.3 is 10.4 Å². The van der Waals surface area contributed by atoms with Crippen LogP contribution in [0.2, 0.25) is 0 Å². The standard InChI is InChI=1S/C28H38N2O4/c1-6-27(4)19-24(29-25(31)22-15-11-12-16-23(22)26(32)33)20(3)28(5,7-2)30(27)34-18-17-21-13-9-8-10-14-21/h8-16,20,24H,6-7,17-19H2,1-5H3,(H,29,31)(H,32,33). The summed E-state index contributed by atoms with van der Waals surface area (Å²) in [6.07, 6.45) is 3.26. The number of hydrogen-bond donors (Lipinski definition) is 2. The number of piperidine rings is 1. The number of carbonyl (C=O) groups excluding carboxylic acids is 1. The van der Waals surface area contributed by atoms with Gasteiger partial charge in [0.15, 0.2) is 0 Å². The lowest BCUT2D eigenvalue weighted by molar-refractivity contribution is -0.306. The number of carboxylic acid groups (broad SMARTS) is 1. The molecule has 1 aliphatic heterocycles. The van der Waals surface area contributed by atoms with Crippen LogP contribution in [0.4, 0.5) is 0 Å². The van der Waals surface area contributed by atoms with Gasteiger partial charge in [0, 0.05) is 17.1 Å². The number of carboxylic acids is 1. The van der Waals surface area contributed by atoms with Crippen molar-refractivity contribution in [1.82, 2.24) is 10.4 Å². The largest absolute Gasteiger partial charge is 0.478 e. The Bertz CT molecular complexity index is 995. The smallest absolute Gasteiger partial charge is 0.336 e. The average Bonchev–Trinajstić information content (AvgIpc) is 2.85. The van der Waals surface area contributed by atoms with Crippen molar-refractivity contribution >= 4 is 11.9 Å². The lowest BCUT2D eigenvalue weighted by atomic mass is 9.68. The second-order valence-corrected chi connectivity index (χ2v) is 9.85. The number of nitrogens with zero attached hydrogens (tertiary/aromatic N) is 1. The van der Waals surface area contributed by atoms with E-state index in [0.29, 0.717) is 13.0 Å². The molecule has 1 amide bonds. The normalized spacial score (nSPS) is 27.3. The Morgan fingerprint density at radius 3 is 2.24 bits per heavy atom. The van der Waals surface area contributed by atoms with Crippen LogP contribution in [-0.4, -0.2) is 45.8 Å². The van der Waals surface area contributed by atoms with E-state index in [9.17, 15) is 14.7 Å². The lowest BCUT2D eigenvalue weighted by Crippen LogP contribution is -2.70. The van der Waals surface area contributed by atoms with Crippen LogP contribution in [-0.2, 0) is 11.3 Å². The van der Waals surface area contributed by atoms with Crippen molar-refractivity contribution in [3.05, 3.63) is 71.3 Å². The minimum Gasteiger partial charge on any atom is -0.478 e. The highest BCUT2D eigenvalue weighted by atomic mass is 16.7. The van der Waals surface area contributed by atoms with Crippen LogP contribution >= 0.6 is 0 Å². The molecule has 0 aliphatic carbocycles. The topological polar surface area (TPSA) is 78.9 Å². The molecule has 2 aromatic carbocycles. The minimum absolute atomic E-state index is 0.0193. The molecule has 184 valence electrons. The monoisotopic (exact) mass is 466 g/mol. The summed E-state index contributed by atoms with van der Waals surface area (Å²) in [6.45, 7) is 11.4. The number of aromatic carboxylic acids is 1. The van der Waals surface area contributed by atoms with Gasteiger partial charge in [0.25, 0.3) is 5.91 Å². The first-order valence-electron chi connectivity index (χ1n) is 12.3. The SMILES string of the molecule is CCC1(C)CC(NC(=O)c2ccccc2C(=O)O)C(C)C(C)(CC)N1OCCc1ccccc1. The molecular formula is C28H38N2O4. The maximum absolute atomic E-state index is 13.2. The van der Waals surface area contributed by atoms with Crippen LogP contribution in [0.25, 0.3) is 0 Å².